The molecule has 0 saturated carbocycles. The van der Waals surface area contributed by atoms with Gasteiger partial charge in [0, 0.05) is 0 Å². The maximum atomic E-state index is 13.8. The van der Waals surface area contributed by atoms with E-state index >= 15 is 0 Å². The Labute approximate surface area is 178 Å². The van der Waals surface area contributed by atoms with Gasteiger partial charge in [0.15, 0.2) is 11.5 Å². The van der Waals surface area contributed by atoms with Crippen molar-refractivity contribution in [3.8, 4) is 5.69 Å². The molecule has 0 aliphatic rings. The highest BCUT2D eigenvalue weighted by Gasteiger charge is 2.23. The Balaban J connectivity index is 1.86. The van der Waals surface area contributed by atoms with Gasteiger partial charge in [-0.1, -0.05) is 30.3 Å². The summed E-state index contributed by atoms with van der Waals surface area (Å²) >= 11 is 0. The molecular weight excluding hydrogens is 390 g/mol. The van der Waals surface area contributed by atoms with Gasteiger partial charge in [-0.2, -0.15) is 0 Å². The Morgan fingerprint density at radius 1 is 0.968 bits per heavy atom. The Morgan fingerprint density at radius 2 is 1.74 bits per heavy atom. The minimum Gasteiger partial charge on any atom is -0.382 e. The van der Waals surface area contributed by atoms with Crippen molar-refractivity contribution in [3.63, 3.8) is 0 Å². The third-order valence-electron chi connectivity index (χ3n) is 5.67. The van der Waals surface area contributed by atoms with E-state index in [1.54, 1.807) is 10.9 Å². The molecule has 0 fully saturated rings. The molecule has 3 heterocycles. The van der Waals surface area contributed by atoms with Crippen LogP contribution in [-0.4, -0.2) is 29.1 Å². The van der Waals surface area contributed by atoms with E-state index in [-0.39, 0.29) is 11.6 Å². The molecule has 5 rings (SSSR count). The van der Waals surface area contributed by atoms with Crippen LogP contribution in [0.2, 0.25) is 0 Å². The maximum absolute atomic E-state index is 13.8. The van der Waals surface area contributed by atoms with Gasteiger partial charge in [-0.15, -0.1) is 0 Å². The molecule has 2 aromatic carbocycles. The van der Waals surface area contributed by atoms with E-state index in [0.717, 1.165) is 16.8 Å². The Morgan fingerprint density at radius 3 is 2.55 bits per heavy atom. The monoisotopic (exact) mass is 411 g/mol. The van der Waals surface area contributed by atoms with Crippen LogP contribution in [0.5, 0.6) is 0 Å². The third kappa shape index (κ3) is 2.87. The van der Waals surface area contributed by atoms with Gasteiger partial charge < -0.3 is 10.3 Å². The molecule has 0 aliphatic heterocycles. The van der Waals surface area contributed by atoms with Gasteiger partial charge in [0.1, 0.15) is 17.7 Å². The Bertz CT molecular complexity index is 1520. The minimum atomic E-state index is -0.337. The van der Waals surface area contributed by atoms with Crippen molar-refractivity contribution in [2.24, 2.45) is 0 Å². The zero-order valence-corrected chi connectivity index (χ0v) is 17.4. The van der Waals surface area contributed by atoms with Crippen molar-refractivity contribution >= 4 is 27.9 Å². The summed E-state index contributed by atoms with van der Waals surface area (Å²) in [6, 6.07) is 13.2. The lowest BCUT2D eigenvalue weighted by molar-refractivity contribution is 0.589. The molecule has 0 unspecified atom stereocenters. The van der Waals surface area contributed by atoms with E-state index in [4.69, 9.17) is 10.7 Å². The minimum absolute atomic E-state index is 0.0992. The van der Waals surface area contributed by atoms with Gasteiger partial charge in [-0.3, -0.25) is 9.36 Å². The van der Waals surface area contributed by atoms with Crippen molar-refractivity contribution in [3.05, 3.63) is 82.4 Å². The van der Waals surface area contributed by atoms with Crippen LogP contribution in [0.15, 0.2) is 59.9 Å². The van der Waals surface area contributed by atoms with Crippen LogP contribution in [0.3, 0.4) is 0 Å². The molecule has 8 nitrogen and oxygen atoms in total. The first kappa shape index (κ1) is 18.9. The number of hydrogen-bond donors (Lipinski definition) is 1. The zero-order chi connectivity index (χ0) is 21.7. The van der Waals surface area contributed by atoms with E-state index in [2.05, 4.69) is 15.0 Å². The van der Waals surface area contributed by atoms with Crippen LogP contribution in [0.25, 0.3) is 27.8 Å². The Hall–Kier alpha value is -4.07. The number of aromatic nitrogens is 6. The first-order chi connectivity index (χ1) is 15.0. The molecular formula is C23H21N7O. The van der Waals surface area contributed by atoms with Crippen molar-refractivity contribution in [1.82, 2.24) is 29.1 Å². The zero-order valence-electron chi connectivity index (χ0n) is 17.4. The van der Waals surface area contributed by atoms with Gasteiger partial charge in [-0.05, 0) is 44.0 Å². The van der Waals surface area contributed by atoms with Crippen LogP contribution in [0.1, 0.15) is 29.9 Å². The largest absolute Gasteiger partial charge is 0.382 e. The number of nitrogens with zero attached hydrogens (tertiary/aromatic N) is 6. The molecule has 0 amide bonds. The van der Waals surface area contributed by atoms with Gasteiger partial charge in [0.25, 0.3) is 5.56 Å². The summed E-state index contributed by atoms with van der Waals surface area (Å²) in [5.41, 5.74) is 10.3. The predicted octanol–water partition coefficient (Wildman–Crippen LogP) is 3.33. The summed E-state index contributed by atoms with van der Waals surface area (Å²) < 4.78 is 3.57. The summed E-state index contributed by atoms with van der Waals surface area (Å²) in [5.74, 6) is 0.906. The van der Waals surface area contributed by atoms with Crippen LogP contribution in [0, 0.1) is 13.8 Å². The maximum Gasteiger partial charge on any atom is 0.266 e. The number of imidazole rings is 1. The average molecular weight is 411 g/mol. The predicted molar refractivity (Wildman–Crippen MR) is 120 cm³/mol. The van der Waals surface area contributed by atoms with Crippen LogP contribution in [0.4, 0.5) is 5.82 Å². The van der Waals surface area contributed by atoms with Crippen molar-refractivity contribution in [1.29, 1.82) is 0 Å². The second-order valence-electron chi connectivity index (χ2n) is 7.63. The number of rotatable bonds is 3. The second-order valence-corrected chi connectivity index (χ2v) is 7.63. The van der Waals surface area contributed by atoms with Crippen molar-refractivity contribution < 1.29 is 0 Å². The number of anilines is 1. The molecule has 3 aromatic heterocycles. The van der Waals surface area contributed by atoms with E-state index in [1.165, 1.54) is 6.33 Å². The molecule has 0 radical (unpaired) electrons. The summed E-state index contributed by atoms with van der Waals surface area (Å²) in [4.78, 5) is 31.5. The smallest absolute Gasteiger partial charge is 0.266 e. The lowest BCUT2D eigenvalue weighted by atomic mass is 10.1. The fraction of sp³-hybridized carbons (Fsp3) is 0.174. The van der Waals surface area contributed by atoms with Crippen LogP contribution in [-0.2, 0) is 0 Å². The molecule has 5 aromatic rings. The molecule has 0 bridgehead atoms. The standard InChI is InChI=1S/C23H21N7O/c1-13-7-4-5-10-17(13)30-21(28-16-9-6-8-14(2)18(16)23(30)31)15(3)29-12-27-19-20(24)25-11-26-22(19)29/h4-12,15H,1-3H3,(H2,24,25,26)/t15-/m1/s1. The lowest BCUT2D eigenvalue weighted by Crippen LogP contribution is -2.28. The van der Waals surface area contributed by atoms with E-state index in [0.29, 0.717) is 33.7 Å². The molecule has 154 valence electrons. The summed E-state index contributed by atoms with van der Waals surface area (Å²) in [7, 11) is 0. The number of fused-ring (bicyclic) bond motifs is 2. The first-order valence-electron chi connectivity index (χ1n) is 9.98. The molecule has 8 heteroatoms. The topological polar surface area (TPSA) is 105 Å². The van der Waals surface area contributed by atoms with E-state index in [1.807, 2.05) is 67.8 Å². The quantitative estimate of drug-likeness (QED) is 0.488. The number of para-hydroxylation sites is 1. The van der Waals surface area contributed by atoms with E-state index in [9.17, 15) is 4.79 Å². The van der Waals surface area contributed by atoms with Gasteiger partial charge >= 0.3 is 0 Å². The third-order valence-corrected chi connectivity index (χ3v) is 5.67. The highest BCUT2D eigenvalue weighted by molar-refractivity contribution is 5.82. The normalized spacial score (nSPS) is 12.5. The summed E-state index contributed by atoms with van der Waals surface area (Å²) in [6.07, 6.45) is 3.07. The van der Waals surface area contributed by atoms with E-state index < -0.39 is 0 Å². The number of nitrogens with two attached hydrogens (primary N) is 1. The summed E-state index contributed by atoms with van der Waals surface area (Å²) in [5, 5.41) is 0.615. The number of nitrogen functional groups attached to an aromatic ring is 1. The molecule has 0 spiro atoms. The lowest BCUT2D eigenvalue weighted by Gasteiger charge is -2.21. The van der Waals surface area contributed by atoms with Crippen molar-refractivity contribution in [2.75, 3.05) is 5.73 Å². The number of benzene rings is 2. The highest BCUT2D eigenvalue weighted by Crippen LogP contribution is 2.26. The first-order valence-corrected chi connectivity index (χ1v) is 9.98. The van der Waals surface area contributed by atoms with Crippen LogP contribution >= 0.6 is 0 Å². The molecule has 31 heavy (non-hydrogen) atoms. The van der Waals surface area contributed by atoms with Crippen LogP contribution < -0.4 is 11.3 Å². The fourth-order valence-corrected chi connectivity index (χ4v) is 4.02. The highest BCUT2D eigenvalue weighted by atomic mass is 16.1. The number of hydrogen-bond acceptors (Lipinski definition) is 6. The van der Waals surface area contributed by atoms with Gasteiger partial charge in [0.05, 0.1) is 29.0 Å². The van der Waals surface area contributed by atoms with Gasteiger partial charge in [-0.25, -0.2) is 19.9 Å². The van der Waals surface area contributed by atoms with Gasteiger partial charge in [0.2, 0.25) is 0 Å². The molecule has 0 saturated heterocycles. The molecule has 0 aliphatic carbocycles. The fourth-order valence-electron chi connectivity index (χ4n) is 4.02. The molecule has 1 atom stereocenters. The average Bonchev–Trinajstić information content (AvgIpc) is 3.19. The Kier molecular flexibility index (Phi) is 4.28. The number of aryl methyl sites for hydroxylation is 2. The SMILES string of the molecule is Cc1ccccc1-n1c([C@@H](C)n2cnc3c(N)ncnc32)nc2cccc(C)c2c1=O. The van der Waals surface area contributed by atoms with Crippen molar-refractivity contribution in [2.45, 2.75) is 26.8 Å². The molecule has 2 N–H and O–H groups in total. The second kappa shape index (κ2) is 7.02. The summed E-state index contributed by atoms with van der Waals surface area (Å²) in [6.45, 7) is 5.89.